The van der Waals surface area contributed by atoms with Crippen LogP contribution < -0.4 is 10.5 Å². The summed E-state index contributed by atoms with van der Waals surface area (Å²) in [6.07, 6.45) is 5.70. The summed E-state index contributed by atoms with van der Waals surface area (Å²) in [6, 6.07) is 4.18. The molecule has 1 aromatic carbocycles. The van der Waals surface area contributed by atoms with E-state index in [2.05, 4.69) is 45.8 Å². The molecule has 4 heterocycles. The third-order valence-electron chi connectivity index (χ3n) is 7.15. The summed E-state index contributed by atoms with van der Waals surface area (Å²) in [6.45, 7) is 8.11. The van der Waals surface area contributed by atoms with Gasteiger partial charge in [0.25, 0.3) is 0 Å². The SMILES string of the molecule is COc1c(C(C)n2nc(C)c3c(N)ncnc32)cc(Cl)c(C)c1-c1ccn(C2CCN(C)CC2)n1. The number of hydrogen-bond acceptors (Lipinski definition) is 7. The van der Waals surface area contributed by atoms with Crippen LogP contribution in [0.15, 0.2) is 24.7 Å². The van der Waals surface area contributed by atoms with Gasteiger partial charge >= 0.3 is 0 Å². The average Bonchev–Trinajstić information content (AvgIpc) is 3.46. The van der Waals surface area contributed by atoms with Crippen molar-refractivity contribution in [3.05, 3.63) is 46.5 Å². The number of fused-ring (bicyclic) bond motifs is 1. The number of methoxy groups -OCH3 is 1. The molecule has 1 saturated heterocycles. The average molecular weight is 495 g/mol. The lowest BCUT2D eigenvalue weighted by Crippen LogP contribution is -2.31. The van der Waals surface area contributed by atoms with Gasteiger partial charge in [-0.1, -0.05) is 11.6 Å². The van der Waals surface area contributed by atoms with Crippen molar-refractivity contribution < 1.29 is 4.74 Å². The highest BCUT2D eigenvalue weighted by Crippen LogP contribution is 2.43. The summed E-state index contributed by atoms with van der Waals surface area (Å²) in [4.78, 5) is 10.9. The van der Waals surface area contributed by atoms with Crippen LogP contribution in [0.4, 0.5) is 5.82 Å². The maximum atomic E-state index is 6.78. The van der Waals surface area contributed by atoms with Crippen molar-refractivity contribution in [3.8, 4) is 17.0 Å². The highest BCUT2D eigenvalue weighted by molar-refractivity contribution is 6.32. The third kappa shape index (κ3) is 4.02. The van der Waals surface area contributed by atoms with Crippen LogP contribution in [0.2, 0.25) is 5.02 Å². The first-order chi connectivity index (χ1) is 16.8. The summed E-state index contributed by atoms with van der Waals surface area (Å²) in [5, 5.41) is 11.1. The molecule has 1 fully saturated rings. The summed E-state index contributed by atoms with van der Waals surface area (Å²) >= 11 is 6.78. The van der Waals surface area contributed by atoms with Gasteiger partial charge in [-0.3, -0.25) is 4.68 Å². The van der Waals surface area contributed by atoms with Crippen molar-refractivity contribution in [1.82, 2.24) is 34.4 Å². The van der Waals surface area contributed by atoms with E-state index in [0.29, 0.717) is 22.5 Å². The van der Waals surface area contributed by atoms with E-state index in [-0.39, 0.29) is 6.04 Å². The van der Waals surface area contributed by atoms with Gasteiger partial charge in [0.05, 0.1) is 36.0 Å². The molecule has 0 amide bonds. The van der Waals surface area contributed by atoms with Gasteiger partial charge in [-0.05, 0) is 71.4 Å². The van der Waals surface area contributed by atoms with Gasteiger partial charge in [-0.25, -0.2) is 14.6 Å². The van der Waals surface area contributed by atoms with Crippen molar-refractivity contribution in [1.29, 1.82) is 0 Å². The quantitative estimate of drug-likeness (QED) is 0.438. The lowest BCUT2D eigenvalue weighted by Gasteiger charge is -2.29. The number of rotatable bonds is 5. The molecule has 0 saturated carbocycles. The lowest BCUT2D eigenvalue weighted by molar-refractivity contribution is 0.212. The number of likely N-dealkylation sites (tertiary alicyclic amines) is 1. The number of benzene rings is 1. The Morgan fingerprint density at radius 3 is 2.63 bits per heavy atom. The summed E-state index contributed by atoms with van der Waals surface area (Å²) in [7, 11) is 3.85. The first-order valence-corrected chi connectivity index (χ1v) is 12.2. The second kappa shape index (κ2) is 9.13. The standard InChI is InChI=1S/C25H31ClN8O/c1-14-19(26)12-18(16(3)34-25-22(15(2)30-34)24(27)28-13-29-25)23(35-5)21(14)20-8-11-33(31-20)17-6-9-32(4)10-7-17/h8,11-13,16-17H,6-7,9-10H2,1-5H3,(H2,27,28,29). The minimum atomic E-state index is -0.219. The Kier molecular flexibility index (Phi) is 6.14. The number of hydrogen-bond donors (Lipinski definition) is 1. The van der Waals surface area contributed by atoms with Crippen LogP contribution in [0.1, 0.15) is 48.7 Å². The smallest absolute Gasteiger partial charge is 0.164 e. The van der Waals surface area contributed by atoms with E-state index in [1.54, 1.807) is 7.11 Å². The molecule has 3 aromatic heterocycles. The van der Waals surface area contributed by atoms with E-state index in [4.69, 9.17) is 32.3 Å². The predicted octanol–water partition coefficient (Wildman–Crippen LogP) is 4.43. The molecular formula is C25H31ClN8O. The topological polar surface area (TPSA) is 99.9 Å². The molecule has 0 radical (unpaired) electrons. The Hall–Kier alpha value is -3.17. The van der Waals surface area contributed by atoms with Crippen LogP contribution in [0.5, 0.6) is 5.75 Å². The number of anilines is 1. The lowest BCUT2D eigenvalue weighted by atomic mass is 9.97. The normalized spacial score (nSPS) is 16.2. The molecule has 9 nitrogen and oxygen atoms in total. The van der Waals surface area contributed by atoms with E-state index in [0.717, 1.165) is 65.1 Å². The Balaban J connectivity index is 1.60. The zero-order valence-electron chi connectivity index (χ0n) is 20.8. The molecule has 0 spiro atoms. The maximum absolute atomic E-state index is 6.78. The second-order valence-corrected chi connectivity index (χ2v) is 9.77. The molecule has 2 N–H and O–H groups in total. The number of aryl methyl sites for hydroxylation is 1. The highest BCUT2D eigenvalue weighted by atomic mass is 35.5. The van der Waals surface area contributed by atoms with Crippen molar-refractivity contribution >= 4 is 28.5 Å². The molecule has 1 atom stereocenters. The predicted molar refractivity (Wildman–Crippen MR) is 138 cm³/mol. The van der Waals surface area contributed by atoms with Crippen LogP contribution in [0, 0.1) is 13.8 Å². The van der Waals surface area contributed by atoms with Crippen LogP contribution >= 0.6 is 11.6 Å². The molecule has 35 heavy (non-hydrogen) atoms. The number of nitrogen functional groups attached to an aromatic ring is 1. The molecule has 0 bridgehead atoms. The number of aromatic nitrogens is 6. The molecule has 184 valence electrons. The molecular weight excluding hydrogens is 464 g/mol. The van der Waals surface area contributed by atoms with Crippen molar-refractivity contribution in [2.45, 2.75) is 45.7 Å². The van der Waals surface area contributed by atoms with Crippen molar-refractivity contribution in [2.75, 3.05) is 33.0 Å². The fourth-order valence-corrected chi connectivity index (χ4v) is 5.30. The van der Waals surface area contributed by atoms with E-state index >= 15 is 0 Å². The Morgan fingerprint density at radius 1 is 1.17 bits per heavy atom. The first kappa shape index (κ1) is 23.6. The number of nitrogens with zero attached hydrogens (tertiary/aromatic N) is 7. The molecule has 1 aliphatic rings. The Labute approximate surface area is 209 Å². The number of piperidine rings is 1. The van der Waals surface area contributed by atoms with Crippen LogP contribution in [-0.4, -0.2) is 61.7 Å². The van der Waals surface area contributed by atoms with Crippen LogP contribution in [0.3, 0.4) is 0 Å². The molecule has 1 aliphatic heterocycles. The largest absolute Gasteiger partial charge is 0.496 e. The zero-order valence-corrected chi connectivity index (χ0v) is 21.5. The number of halogens is 1. The van der Waals surface area contributed by atoms with Gasteiger partial charge in [0, 0.05) is 22.3 Å². The molecule has 5 rings (SSSR count). The minimum Gasteiger partial charge on any atom is -0.496 e. The zero-order chi connectivity index (χ0) is 24.9. The summed E-state index contributed by atoms with van der Waals surface area (Å²) < 4.78 is 9.95. The van der Waals surface area contributed by atoms with Gasteiger partial charge in [0.15, 0.2) is 5.65 Å². The fraction of sp³-hybridized carbons (Fsp3) is 0.440. The molecule has 10 heteroatoms. The van der Waals surface area contributed by atoms with E-state index in [1.807, 2.05) is 24.6 Å². The van der Waals surface area contributed by atoms with Gasteiger partial charge in [0.1, 0.15) is 17.9 Å². The maximum Gasteiger partial charge on any atom is 0.164 e. The van der Waals surface area contributed by atoms with Crippen LogP contribution in [0.25, 0.3) is 22.3 Å². The molecule has 0 aliphatic carbocycles. The first-order valence-electron chi connectivity index (χ1n) is 11.9. The van der Waals surface area contributed by atoms with E-state index in [1.165, 1.54) is 6.33 Å². The van der Waals surface area contributed by atoms with E-state index < -0.39 is 0 Å². The monoisotopic (exact) mass is 494 g/mol. The van der Waals surface area contributed by atoms with Crippen LogP contribution in [-0.2, 0) is 0 Å². The Morgan fingerprint density at radius 2 is 1.91 bits per heavy atom. The van der Waals surface area contributed by atoms with Gasteiger partial charge in [0.2, 0.25) is 0 Å². The van der Waals surface area contributed by atoms with Crippen molar-refractivity contribution in [2.24, 2.45) is 0 Å². The number of nitrogens with two attached hydrogens (primary N) is 1. The van der Waals surface area contributed by atoms with Gasteiger partial charge in [-0.2, -0.15) is 10.2 Å². The Bertz CT molecular complexity index is 1390. The fourth-order valence-electron chi connectivity index (χ4n) is 5.09. The summed E-state index contributed by atoms with van der Waals surface area (Å²) in [5.41, 5.74) is 11.1. The van der Waals surface area contributed by atoms with Crippen molar-refractivity contribution in [3.63, 3.8) is 0 Å². The minimum absolute atomic E-state index is 0.219. The molecule has 4 aromatic rings. The summed E-state index contributed by atoms with van der Waals surface area (Å²) in [5.74, 6) is 1.15. The van der Waals surface area contributed by atoms with Gasteiger partial charge < -0.3 is 15.4 Å². The van der Waals surface area contributed by atoms with E-state index in [9.17, 15) is 0 Å². The highest BCUT2D eigenvalue weighted by Gasteiger charge is 2.26. The molecule has 1 unspecified atom stereocenters. The second-order valence-electron chi connectivity index (χ2n) is 9.36. The third-order valence-corrected chi connectivity index (χ3v) is 7.54. The number of ether oxygens (including phenoxy) is 1. The van der Waals surface area contributed by atoms with Gasteiger partial charge in [-0.15, -0.1) is 0 Å².